The Morgan fingerprint density at radius 3 is 1.28 bits per heavy atom. The molecule has 2 aliphatic rings. The number of nitrogens with two attached hydrogens (primary N) is 2. The van der Waals surface area contributed by atoms with E-state index in [1.807, 2.05) is 42.5 Å². The fourth-order valence-electron chi connectivity index (χ4n) is 12.3. The third-order valence-corrected chi connectivity index (χ3v) is 20.1. The number of aromatic amines is 4. The molecule has 2 fully saturated rings. The van der Waals surface area contributed by atoms with Crippen LogP contribution in [-0.4, -0.2) is 179 Å². The maximum atomic E-state index is 15.6. The number of imidazole rings is 2. The van der Waals surface area contributed by atoms with Crippen molar-refractivity contribution in [2.75, 3.05) is 18.8 Å². The Labute approximate surface area is 601 Å². The first kappa shape index (κ1) is 75.3. The summed E-state index contributed by atoms with van der Waals surface area (Å²) in [7, 11) is 1.98. The molecular weight excluding hydrogens is 1360 g/mol. The molecular formula is C71H88N20O10S2. The standard InChI is InChI=1S/C71H88N20O10S2/c1-70(2)68(101)87-56(31-44-35-74-38-78-44)64(97)82-52(27-40-15-7-5-8-16-40)61(94)80-51(24-26-73)60(93)85-55(30-43-34-77-49-22-14-12-20-47(43)49)65(98)88-69-91-71(3,4)89-57(32-45-36-75-39-79-45)66(99)83-53(28-41-17-9-6-10-18-41)62(95)81-50(23-25-72)59(92)84-54(29-42-33-76-48-21-13-11-19-46(42)48)63(96)86-58(37-102-103-69)67(100)90-70/h5-22,33-36,38-39,50-58,69,76-77,89,91H,23-32,37,72-73H2,1-4H3,(H,74,78)(H,75,79)(H,80,94)(H,81,95)(H,82,97)(H,83,99)(H,84,92)(H,85,93)(H,86,96)(H,87,101)(H,88,98)(H,90,100)/t50-,51-,52+,53+,54-,55-,56-,57-,58-,69?/m0/s1. The molecule has 1 unspecified atom stereocenters. The van der Waals surface area contributed by atoms with E-state index in [-0.39, 0.29) is 70.2 Å². The van der Waals surface area contributed by atoms with Crippen LogP contribution in [0.25, 0.3) is 21.8 Å². The van der Waals surface area contributed by atoms with Gasteiger partial charge < -0.3 is 84.6 Å². The molecule has 0 radical (unpaired) electrons. The molecule has 2 bridgehead atoms. The van der Waals surface area contributed by atoms with Crippen molar-refractivity contribution in [3.63, 3.8) is 0 Å². The summed E-state index contributed by atoms with van der Waals surface area (Å²) in [5, 5.41) is 36.9. The van der Waals surface area contributed by atoms with Gasteiger partial charge in [0.15, 0.2) is 0 Å². The molecule has 10 amide bonds. The van der Waals surface area contributed by atoms with Gasteiger partial charge in [-0.2, -0.15) is 0 Å². The normalized spacial score (nSPS) is 24.2. The predicted molar refractivity (Wildman–Crippen MR) is 390 cm³/mol. The zero-order valence-corrected chi connectivity index (χ0v) is 59.0. The average molecular weight is 1450 g/mol. The van der Waals surface area contributed by atoms with Crippen LogP contribution >= 0.6 is 21.6 Å². The summed E-state index contributed by atoms with van der Waals surface area (Å²) in [5.41, 5.74) is 12.5. The molecule has 10 atom stereocenters. The van der Waals surface area contributed by atoms with Crippen molar-refractivity contribution in [1.82, 2.24) is 93.7 Å². The second kappa shape index (κ2) is 35.0. The highest BCUT2D eigenvalue weighted by Crippen LogP contribution is 2.29. The summed E-state index contributed by atoms with van der Waals surface area (Å²) in [6.45, 7) is 5.95. The van der Waals surface area contributed by atoms with Crippen molar-refractivity contribution in [2.24, 2.45) is 11.5 Å². The molecule has 103 heavy (non-hydrogen) atoms. The van der Waals surface area contributed by atoms with Crippen LogP contribution in [0.4, 0.5) is 0 Å². The summed E-state index contributed by atoms with van der Waals surface area (Å²) in [4.78, 5) is 172. The van der Waals surface area contributed by atoms with Crippen molar-refractivity contribution in [1.29, 1.82) is 0 Å². The Hall–Kier alpha value is -10.4. The van der Waals surface area contributed by atoms with Gasteiger partial charge in [0.25, 0.3) is 0 Å². The van der Waals surface area contributed by atoms with Crippen LogP contribution in [0.15, 0.2) is 147 Å². The minimum atomic E-state index is -1.90. The lowest BCUT2D eigenvalue weighted by Crippen LogP contribution is -2.66. The highest BCUT2D eigenvalue weighted by atomic mass is 33.1. The van der Waals surface area contributed by atoms with E-state index in [9.17, 15) is 24.0 Å². The number of H-pyrrole nitrogens is 4. The van der Waals surface area contributed by atoms with E-state index in [1.54, 1.807) is 99.2 Å². The molecule has 2 saturated heterocycles. The average Bonchev–Trinajstić information content (AvgIpc) is 1.81. The van der Waals surface area contributed by atoms with E-state index >= 15 is 24.0 Å². The van der Waals surface area contributed by atoms with Gasteiger partial charge in [-0.1, -0.05) is 119 Å². The zero-order chi connectivity index (χ0) is 73.2. The molecule has 32 heteroatoms. The van der Waals surface area contributed by atoms with Crippen LogP contribution in [0.1, 0.15) is 74.2 Å². The van der Waals surface area contributed by atoms with Gasteiger partial charge in [0, 0.05) is 90.9 Å². The van der Waals surface area contributed by atoms with Crippen LogP contribution < -0.4 is 75.3 Å². The predicted octanol–water partition coefficient (Wildman–Crippen LogP) is 0.414. The number of carbonyl (C=O) groups excluding carboxylic acids is 10. The van der Waals surface area contributed by atoms with Crippen LogP contribution in [-0.2, 0) is 86.5 Å². The van der Waals surface area contributed by atoms with E-state index in [0.29, 0.717) is 39.0 Å². The number of fused-ring (bicyclic) bond motifs is 6. The lowest BCUT2D eigenvalue weighted by molar-refractivity contribution is -0.137. The van der Waals surface area contributed by atoms with Gasteiger partial charge >= 0.3 is 0 Å². The number of nitrogens with zero attached hydrogens (tertiary/aromatic N) is 2. The Morgan fingerprint density at radius 2 is 0.816 bits per heavy atom. The zero-order valence-electron chi connectivity index (χ0n) is 57.4. The number of rotatable bonds is 16. The van der Waals surface area contributed by atoms with Crippen molar-refractivity contribution in [2.45, 2.75) is 150 Å². The van der Waals surface area contributed by atoms with Crippen molar-refractivity contribution in [3.8, 4) is 0 Å². The van der Waals surface area contributed by atoms with Gasteiger partial charge in [-0.3, -0.25) is 58.6 Å². The third kappa shape index (κ3) is 20.7. The SMILES string of the molecule is CC1(C)NC2NC(=O)[C@H](Cc3c[nH]c4ccccc34)NC(=O)[C@H](CCN)NC(=O)[C@@H](Cc3ccccc3)NC(=O)[C@H](Cc3c[nH]cn3)NC(=O)C(C)(C)NC(=O)[C@H](CSS2)NC(=O)[C@H](Cc2c[nH]c3ccccc23)NC(=O)[C@H](CCN)NC(=O)[C@@H](Cc2ccccc2)NC(=O)[C@H](Cc2c[nH]cn2)N1. The monoisotopic (exact) mass is 1440 g/mol. The topological polar surface area (TPSA) is 456 Å². The highest BCUT2D eigenvalue weighted by Gasteiger charge is 2.41. The summed E-state index contributed by atoms with van der Waals surface area (Å²) in [6.07, 6.45) is 8.39. The molecule has 6 heterocycles. The largest absolute Gasteiger partial charge is 0.361 e. The van der Waals surface area contributed by atoms with E-state index in [0.717, 1.165) is 38.0 Å². The number of hydrogen-bond acceptors (Lipinski definition) is 18. The van der Waals surface area contributed by atoms with Gasteiger partial charge in [-0.05, 0) is 88.0 Å². The quantitative estimate of drug-likeness (QED) is 0.0583. The number of aromatic nitrogens is 6. The van der Waals surface area contributed by atoms with Gasteiger partial charge in [0.2, 0.25) is 59.1 Å². The Balaban J connectivity index is 1.09. The smallest absolute Gasteiger partial charge is 0.245 e. The molecule has 30 nitrogen and oxygen atoms in total. The van der Waals surface area contributed by atoms with Crippen molar-refractivity contribution in [3.05, 3.63) is 180 Å². The van der Waals surface area contributed by atoms with Crippen molar-refractivity contribution >= 4 is 102 Å². The fraction of sp³-hybridized carbons (Fsp3) is 0.380. The molecule has 8 aromatic rings. The minimum absolute atomic E-state index is 0.0486. The van der Waals surface area contributed by atoms with Crippen LogP contribution in [0.2, 0.25) is 0 Å². The molecule has 0 spiro atoms. The van der Waals surface area contributed by atoms with E-state index in [1.165, 1.54) is 32.7 Å². The number of benzene rings is 4. The van der Waals surface area contributed by atoms with Gasteiger partial charge in [0.1, 0.15) is 59.4 Å². The van der Waals surface area contributed by atoms with Crippen LogP contribution in [0, 0.1) is 0 Å². The van der Waals surface area contributed by atoms with Gasteiger partial charge in [0.05, 0.1) is 35.7 Å². The number of amides is 10. The first-order valence-electron chi connectivity index (χ1n) is 33.9. The first-order chi connectivity index (χ1) is 49.5. The Bertz CT molecular complexity index is 4250. The lowest BCUT2D eigenvalue weighted by atomic mass is 10.0. The van der Waals surface area contributed by atoms with Gasteiger partial charge in [-0.25, -0.2) is 9.97 Å². The van der Waals surface area contributed by atoms with E-state index in [4.69, 9.17) is 11.5 Å². The second-order valence-electron chi connectivity index (χ2n) is 26.5. The number of para-hydroxylation sites is 2. The molecule has 0 aliphatic carbocycles. The third-order valence-electron chi connectivity index (χ3n) is 17.7. The summed E-state index contributed by atoms with van der Waals surface area (Å²) in [5.74, 6) is -8.47. The molecule has 10 rings (SSSR count). The van der Waals surface area contributed by atoms with Crippen molar-refractivity contribution < 1.29 is 47.9 Å². The maximum Gasteiger partial charge on any atom is 0.245 e. The fourth-order valence-corrected chi connectivity index (χ4v) is 14.7. The Morgan fingerprint density at radius 1 is 0.417 bits per heavy atom. The summed E-state index contributed by atoms with van der Waals surface area (Å²) < 4.78 is 0. The molecule has 20 N–H and O–H groups in total. The Kier molecular flexibility index (Phi) is 25.6. The van der Waals surface area contributed by atoms with Crippen LogP contribution in [0.3, 0.4) is 0 Å². The molecule has 4 aromatic heterocycles. The minimum Gasteiger partial charge on any atom is -0.361 e. The number of nitrogens with one attached hydrogen (secondary N) is 16. The number of hydrogen-bond donors (Lipinski definition) is 18. The summed E-state index contributed by atoms with van der Waals surface area (Å²) >= 11 is 0. The highest BCUT2D eigenvalue weighted by molar-refractivity contribution is 8.76. The molecule has 4 aromatic carbocycles. The number of carbonyl (C=O) groups is 10. The van der Waals surface area contributed by atoms with Gasteiger partial charge in [-0.15, -0.1) is 0 Å². The first-order valence-corrected chi connectivity index (χ1v) is 36.3. The summed E-state index contributed by atoms with van der Waals surface area (Å²) in [6, 6.07) is 19.7. The van der Waals surface area contributed by atoms with E-state index < -0.39 is 130 Å². The van der Waals surface area contributed by atoms with Crippen LogP contribution in [0.5, 0.6) is 0 Å². The lowest BCUT2D eigenvalue weighted by Gasteiger charge is -2.37. The maximum absolute atomic E-state index is 15.6. The molecule has 0 saturated carbocycles. The van der Waals surface area contributed by atoms with E-state index in [2.05, 4.69) is 93.7 Å². The molecule has 544 valence electrons. The second-order valence-corrected chi connectivity index (χ2v) is 29.0. The molecule has 2 aliphatic heterocycles.